The molecule has 0 atom stereocenters. The maximum atomic E-state index is 14.5. The van der Waals surface area contributed by atoms with Gasteiger partial charge in [-0.05, 0) is 240 Å². The first-order valence-corrected chi connectivity index (χ1v) is 41.9. The van der Waals surface area contributed by atoms with E-state index in [2.05, 4.69) is 10.3 Å². The van der Waals surface area contributed by atoms with Crippen molar-refractivity contribution >= 4 is 117 Å². The van der Waals surface area contributed by atoms with Gasteiger partial charge in [0.1, 0.15) is 100 Å². The van der Waals surface area contributed by atoms with E-state index in [1.165, 1.54) is 31.3 Å². The molecule has 23 nitrogen and oxygen atoms in total. The molecule has 11 aromatic rings. The van der Waals surface area contributed by atoms with Gasteiger partial charge in [0.25, 0.3) is 29.5 Å². The van der Waals surface area contributed by atoms with Gasteiger partial charge in [0.2, 0.25) is 5.91 Å². The molecule has 0 aliphatic carbocycles. The molecule has 1 fully saturated rings. The number of esters is 4. The number of hydrogen-bond acceptors (Lipinski definition) is 17. The molecule has 10 aromatic carbocycles. The van der Waals surface area contributed by atoms with Crippen LogP contribution in [0.25, 0.3) is 33.6 Å². The number of amides is 6. The van der Waals surface area contributed by atoms with Crippen LogP contribution in [0.3, 0.4) is 0 Å². The van der Waals surface area contributed by atoms with Crippen molar-refractivity contribution in [1.82, 2.24) is 9.88 Å². The third-order valence-electron chi connectivity index (χ3n) is 18.6. The fourth-order valence-corrected chi connectivity index (χ4v) is 13.7. The second kappa shape index (κ2) is 44.3. The molecule has 2 heterocycles. The summed E-state index contributed by atoms with van der Waals surface area (Å²) in [5, 5.41) is 2.97. The van der Waals surface area contributed by atoms with Gasteiger partial charge in [-0.25, -0.2) is 31.3 Å². The number of carbonyl (C=O) groups is 11. The second-order valence-electron chi connectivity index (χ2n) is 33.8. The van der Waals surface area contributed by atoms with Gasteiger partial charge >= 0.3 is 23.9 Å². The summed E-state index contributed by atoms with van der Waals surface area (Å²) in [7, 11) is 0. The number of likely N-dealkylation sites (tertiary alicyclic amines) is 1. The largest absolute Gasteiger partial charge is 0.459 e. The van der Waals surface area contributed by atoms with Gasteiger partial charge in [0.15, 0.2) is 17.9 Å². The molecule has 6 amide bonds. The summed E-state index contributed by atoms with van der Waals surface area (Å²) in [6.45, 7) is 22.6. The van der Waals surface area contributed by atoms with Crippen molar-refractivity contribution in [3.63, 3.8) is 0 Å². The van der Waals surface area contributed by atoms with Crippen LogP contribution in [0.2, 0.25) is 10.0 Å². The summed E-state index contributed by atoms with van der Waals surface area (Å²) in [6.07, 6.45) is 4.70. The van der Waals surface area contributed by atoms with Crippen LogP contribution < -0.4 is 24.9 Å². The molecule has 0 radical (unpaired) electrons. The average Bonchev–Trinajstić information content (AvgIpc) is 1.72. The number of ether oxygens (including phenoxy) is 4. The van der Waals surface area contributed by atoms with Gasteiger partial charge in [0.05, 0.1) is 21.8 Å². The topological polar surface area (TPSA) is 279 Å². The van der Waals surface area contributed by atoms with Crippen molar-refractivity contribution in [3.05, 3.63) is 309 Å². The highest BCUT2D eigenvalue weighted by atomic mass is 35.5. The normalized spacial score (nSPS) is 11.8. The first kappa shape index (κ1) is 101. The third kappa shape index (κ3) is 29.0. The first-order valence-electron chi connectivity index (χ1n) is 41.1. The lowest BCUT2D eigenvalue weighted by molar-refractivity contribution is -0.154. The summed E-state index contributed by atoms with van der Waals surface area (Å²) in [5.41, 5.74) is 0.735. The Kier molecular flexibility index (Phi) is 34.1. The van der Waals surface area contributed by atoms with E-state index in [0.29, 0.717) is 45.0 Å². The molecule has 1 N–H and O–H groups in total. The number of ketones is 1. The highest BCUT2D eigenvalue weighted by Crippen LogP contribution is 2.35. The molecule has 12 rings (SSSR count). The van der Waals surface area contributed by atoms with Gasteiger partial charge in [-0.15, -0.1) is 0 Å². The van der Waals surface area contributed by atoms with Gasteiger partial charge < -0.3 is 33.6 Å². The average molecular weight is 1840 g/mol. The van der Waals surface area contributed by atoms with Crippen LogP contribution in [-0.2, 0) is 42.9 Å². The van der Waals surface area contributed by atoms with E-state index in [4.69, 9.17) is 46.6 Å². The number of nitrogens with zero attached hydrogens (tertiary/aromatic N) is 6. The molecule has 1 aromatic heterocycles. The van der Waals surface area contributed by atoms with E-state index in [0.717, 1.165) is 106 Å². The zero-order valence-corrected chi connectivity index (χ0v) is 75.8. The minimum atomic E-state index is -1.03. The molecule has 1 saturated heterocycles. The number of anilines is 5. The predicted octanol–water partition coefficient (Wildman–Crippen LogP) is 21.2. The minimum absolute atomic E-state index is 0.0442. The van der Waals surface area contributed by atoms with Crippen molar-refractivity contribution < 1.29 is 102 Å². The van der Waals surface area contributed by atoms with Crippen LogP contribution in [0.4, 0.5) is 54.8 Å². The van der Waals surface area contributed by atoms with Gasteiger partial charge in [-0.3, -0.25) is 72.3 Å². The number of carbonyl (C=O) groups excluding carboxylic acids is 11. The molecule has 31 heteroatoms. The monoisotopic (exact) mass is 1840 g/mol. The molecule has 0 spiro atoms. The molecule has 0 unspecified atom stereocenters. The van der Waals surface area contributed by atoms with Crippen molar-refractivity contribution in [1.29, 1.82) is 0 Å². The van der Waals surface area contributed by atoms with Gasteiger partial charge in [0, 0.05) is 65.1 Å². The van der Waals surface area contributed by atoms with Gasteiger partial charge in [-0.1, -0.05) is 126 Å². The van der Waals surface area contributed by atoms with Crippen LogP contribution in [0, 0.1) is 34.9 Å². The van der Waals surface area contributed by atoms with Crippen molar-refractivity contribution in [3.8, 4) is 33.6 Å². The lowest BCUT2D eigenvalue weighted by Crippen LogP contribution is -2.39. The lowest BCUT2D eigenvalue weighted by Gasteiger charge is -2.26. The molecular formula is C100H97Cl2F6N7O16. The SMILES string of the molecule is CC(=O)Nc1cccc(N(CC(=O)OC(C)(C)C)C(=O)c2c(Cl)cccc2Cl)c1.CC(=O)c1ccc(-c2cccc(N(CC(=O)OC(C)(C)C)C(=O)c3c(F)cccc3F)c2)cc1.CC(C)(C)OC(=O)CN(C(=O)c1c(F)cccc1F)c1cccc(-c2cccc(C(=O)N3CCCC3)c2)c1.CC(C)(C)OC(=O)CN(C(=O)c1c(F)cccc1F)c1cccc(-c2cnco2)c1. The zero-order chi connectivity index (χ0) is 96.1. The number of hydrogen-bond donors (Lipinski definition) is 1. The van der Waals surface area contributed by atoms with E-state index < -0.39 is 141 Å². The van der Waals surface area contributed by atoms with Crippen molar-refractivity contribution in [2.75, 3.05) is 64.2 Å². The van der Waals surface area contributed by atoms with Crippen LogP contribution >= 0.6 is 23.2 Å². The highest BCUT2D eigenvalue weighted by Gasteiger charge is 2.35. The van der Waals surface area contributed by atoms with E-state index in [9.17, 15) is 79.1 Å². The summed E-state index contributed by atoms with van der Waals surface area (Å²) in [4.78, 5) is 149. The van der Waals surface area contributed by atoms with E-state index >= 15 is 0 Å². The maximum absolute atomic E-state index is 14.5. The summed E-state index contributed by atoms with van der Waals surface area (Å²) >= 11 is 12.4. The van der Waals surface area contributed by atoms with Crippen LogP contribution in [0.5, 0.6) is 0 Å². The Hall–Kier alpha value is -14.1. The number of halogens is 8. The Morgan fingerprint density at radius 1 is 0.374 bits per heavy atom. The molecule has 0 bridgehead atoms. The zero-order valence-electron chi connectivity index (χ0n) is 74.3. The van der Waals surface area contributed by atoms with Crippen molar-refractivity contribution in [2.24, 2.45) is 0 Å². The summed E-state index contributed by atoms with van der Waals surface area (Å²) < 4.78 is 113. The fourth-order valence-electron chi connectivity index (χ4n) is 13.2. The number of benzene rings is 10. The van der Waals surface area contributed by atoms with Crippen LogP contribution in [-0.4, -0.2) is 137 Å². The van der Waals surface area contributed by atoms with Crippen LogP contribution in [0.1, 0.15) is 172 Å². The fraction of sp³-hybridized carbons (Fsp3) is 0.260. The van der Waals surface area contributed by atoms with E-state index in [1.807, 2.05) is 11.0 Å². The molecule has 684 valence electrons. The second-order valence-corrected chi connectivity index (χ2v) is 34.6. The standard InChI is InChI=1S/C30H30F2N2O4.C27H25F2NO4.C22H20F2N2O4.C21H22Cl2N2O4/c1-30(2,3)38-26(35)19-34(29(37)27-24(31)13-8-14-25(27)32)23-12-7-10-21(18-23)20-9-6-11-22(17-20)28(36)33-15-4-5-16-33;1-17(31)18-11-13-19(14-12-18)20-7-5-8-21(15-20)30(16-24(32)34-27(2,3)4)26(33)25-22(28)9-6-10-23(25)29;1-22(2,3)30-19(27)12-26(21(28)20-16(23)8-5-9-17(20)24)15-7-4-6-14(10-15)18-11-25-13-29-18;1-13(26)24-14-7-5-8-15(11-14)25(12-18(27)29-21(2,3)4)20(28)19-16(22)9-6-10-17(19)23/h6-14,17-18H,4-5,15-16,19H2,1-3H3;5-15H,16H2,1-4H3;4-11,13H,12H2,1-3H3;5-11H,12H2,1-4H3,(H,24,26). The Morgan fingerprint density at radius 2 is 0.687 bits per heavy atom. The summed E-state index contributed by atoms with van der Waals surface area (Å²) in [6, 6.07) is 54.4. The number of Topliss-reactive ketones (excluding diaryl/α,β-unsaturated/α-hetero) is 1. The quantitative estimate of drug-likeness (QED) is 0.0286. The maximum Gasteiger partial charge on any atom is 0.326 e. The van der Waals surface area contributed by atoms with Crippen molar-refractivity contribution in [2.45, 2.75) is 132 Å². The summed E-state index contributed by atoms with van der Waals surface area (Å²) in [5.74, 6) is -12.5. The molecule has 131 heavy (non-hydrogen) atoms. The molecular weight excluding hydrogens is 1740 g/mol. The number of oxazole rings is 1. The highest BCUT2D eigenvalue weighted by molar-refractivity contribution is 6.40. The number of nitrogens with one attached hydrogen (secondary N) is 1. The molecule has 1 aliphatic heterocycles. The Labute approximate surface area is 764 Å². The lowest BCUT2D eigenvalue weighted by atomic mass is 10.0. The number of aromatic nitrogens is 1. The van der Waals surface area contributed by atoms with Gasteiger partial charge in [-0.2, -0.15) is 0 Å². The third-order valence-corrected chi connectivity index (χ3v) is 19.3. The Balaban J connectivity index is 0.000000198. The minimum Gasteiger partial charge on any atom is -0.459 e. The predicted molar refractivity (Wildman–Crippen MR) is 487 cm³/mol. The smallest absolute Gasteiger partial charge is 0.326 e. The Bertz CT molecular complexity index is 5960. The number of rotatable bonds is 22. The van der Waals surface area contributed by atoms with E-state index in [-0.39, 0.29) is 56.8 Å². The molecule has 0 saturated carbocycles. The van der Waals surface area contributed by atoms with Crippen LogP contribution in [0.15, 0.2) is 235 Å². The Morgan fingerprint density at radius 3 is 1.04 bits per heavy atom. The van der Waals surface area contributed by atoms with E-state index in [1.54, 1.807) is 241 Å². The molecule has 1 aliphatic rings. The first-order chi connectivity index (χ1) is 61.6.